The van der Waals surface area contributed by atoms with Crippen molar-refractivity contribution in [2.24, 2.45) is 16.8 Å². The first-order valence-electron chi connectivity index (χ1n) is 14.7. The van der Waals surface area contributed by atoms with Gasteiger partial charge in [0.2, 0.25) is 5.96 Å². The summed E-state index contributed by atoms with van der Waals surface area (Å²) in [6, 6.07) is 10.8. The number of Topliss-reactive ketones (excluding diaryl/α,β-unsaturated/α-hetero) is 1. The molecule has 4 aromatic rings. The van der Waals surface area contributed by atoms with Gasteiger partial charge in [-0.25, -0.2) is 15.8 Å². The van der Waals surface area contributed by atoms with Crippen molar-refractivity contribution in [2.75, 3.05) is 65.5 Å². The van der Waals surface area contributed by atoms with E-state index in [1.165, 1.54) is 29.4 Å². The number of nitrogens with zero attached hydrogens (tertiary/aromatic N) is 7. The number of H-pyrrole nitrogens is 2. The van der Waals surface area contributed by atoms with Crippen molar-refractivity contribution < 1.29 is 19.1 Å². The number of anilines is 1. The maximum Gasteiger partial charge on any atom is 0.295 e. The number of aromatic nitrogens is 4. The topological polar surface area (TPSA) is 207 Å². The molecule has 1 aliphatic heterocycles. The Balaban J connectivity index is 1.30. The molecule has 5 rings (SSSR count). The van der Waals surface area contributed by atoms with Crippen LogP contribution >= 0.6 is 0 Å². The van der Waals surface area contributed by atoms with Gasteiger partial charge in [0.15, 0.2) is 0 Å². The number of hydrogen-bond acceptors (Lipinski definition) is 10. The van der Waals surface area contributed by atoms with Gasteiger partial charge in [-0.05, 0) is 45.3 Å². The van der Waals surface area contributed by atoms with E-state index in [4.69, 9.17) is 16.4 Å². The Morgan fingerprint density at radius 1 is 1.11 bits per heavy atom. The van der Waals surface area contributed by atoms with E-state index in [1.807, 2.05) is 54.2 Å². The Morgan fingerprint density at radius 3 is 2.50 bits per heavy atom. The molecule has 0 unspecified atom stereocenters. The minimum Gasteiger partial charge on any atom is -0.494 e. The number of amides is 2. The lowest BCUT2D eigenvalue weighted by atomic mass is 10.1. The van der Waals surface area contributed by atoms with Gasteiger partial charge in [-0.3, -0.25) is 19.5 Å². The normalized spacial score (nSPS) is 13.7. The second-order valence-corrected chi connectivity index (χ2v) is 11.0. The summed E-state index contributed by atoms with van der Waals surface area (Å²) in [4.78, 5) is 52.6. The molecule has 46 heavy (non-hydrogen) atoms. The van der Waals surface area contributed by atoms with E-state index < -0.39 is 11.7 Å². The van der Waals surface area contributed by atoms with Gasteiger partial charge in [0, 0.05) is 38.9 Å². The number of nitrogens with one attached hydrogen (secondary N) is 3. The molecule has 1 fully saturated rings. The van der Waals surface area contributed by atoms with E-state index in [1.54, 1.807) is 6.07 Å². The number of hydrazine groups is 1. The molecule has 0 saturated carbocycles. The molecule has 3 aromatic heterocycles. The molecule has 1 saturated heterocycles. The monoisotopic (exact) mass is 630 g/mol. The van der Waals surface area contributed by atoms with Crippen molar-refractivity contribution in [3.8, 4) is 17.1 Å². The fourth-order valence-electron chi connectivity index (χ4n) is 5.27. The predicted octanol–water partition coefficient (Wildman–Crippen LogP) is 0.580. The van der Waals surface area contributed by atoms with Crippen LogP contribution < -0.4 is 26.7 Å². The lowest BCUT2D eigenvalue weighted by Gasteiger charge is -2.38. The van der Waals surface area contributed by atoms with Crippen LogP contribution in [0, 0.1) is 0 Å². The van der Waals surface area contributed by atoms with Gasteiger partial charge >= 0.3 is 0 Å². The number of carbonyl (C=O) groups excluding carboxylic acids is 3. The molecule has 0 atom stereocenters. The number of hydrogen-bond donors (Lipinski definition) is 5. The van der Waals surface area contributed by atoms with Crippen molar-refractivity contribution in [2.45, 2.75) is 6.42 Å². The number of guanidine groups is 1. The molecular weight excluding hydrogens is 592 g/mol. The van der Waals surface area contributed by atoms with E-state index in [9.17, 15) is 14.4 Å². The average molecular weight is 631 g/mol. The number of para-hydroxylation sites is 1. The van der Waals surface area contributed by atoms with Gasteiger partial charge in [-0.15, -0.1) is 5.10 Å². The molecule has 0 aliphatic carbocycles. The van der Waals surface area contributed by atoms with Crippen molar-refractivity contribution in [3.05, 3.63) is 60.0 Å². The fraction of sp³-hybridized carbons (Fsp3) is 0.333. The Labute approximate surface area is 265 Å². The van der Waals surface area contributed by atoms with Gasteiger partial charge in [0.25, 0.3) is 17.6 Å². The molecule has 1 aromatic carbocycles. The molecule has 7 N–H and O–H groups in total. The summed E-state index contributed by atoms with van der Waals surface area (Å²) in [5, 5.41) is 15.5. The largest absolute Gasteiger partial charge is 0.494 e. The third kappa shape index (κ3) is 6.62. The molecule has 16 heteroatoms. The molecule has 0 bridgehead atoms. The molecular formula is C30H38N12O4. The van der Waals surface area contributed by atoms with Crippen LogP contribution in [0.3, 0.4) is 0 Å². The number of piperazine rings is 1. The Bertz CT molecular complexity index is 1720. The van der Waals surface area contributed by atoms with Gasteiger partial charge in [-0.2, -0.15) is 5.10 Å². The number of benzene rings is 1. The van der Waals surface area contributed by atoms with Gasteiger partial charge in [0.05, 0.1) is 35.5 Å². The molecule has 2 amide bonds. The van der Waals surface area contributed by atoms with Crippen LogP contribution in [0.15, 0.2) is 53.9 Å². The highest BCUT2D eigenvalue weighted by atomic mass is 16.5. The molecule has 1 aliphatic rings. The first-order valence-corrected chi connectivity index (χ1v) is 14.7. The van der Waals surface area contributed by atoms with Crippen molar-refractivity contribution in [1.29, 1.82) is 0 Å². The van der Waals surface area contributed by atoms with Gasteiger partial charge < -0.3 is 35.6 Å². The summed E-state index contributed by atoms with van der Waals surface area (Å²) in [6.07, 6.45) is 3.73. The van der Waals surface area contributed by atoms with Gasteiger partial charge in [0.1, 0.15) is 22.8 Å². The lowest BCUT2D eigenvalue weighted by molar-refractivity contribution is -0.127. The maximum absolute atomic E-state index is 13.6. The van der Waals surface area contributed by atoms with Crippen LogP contribution in [-0.4, -0.2) is 119 Å². The number of rotatable bonds is 10. The third-order valence-corrected chi connectivity index (χ3v) is 7.68. The van der Waals surface area contributed by atoms with E-state index in [0.717, 1.165) is 13.0 Å². The van der Waals surface area contributed by atoms with Crippen LogP contribution in [-0.2, 0) is 4.79 Å². The maximum atomic E-state index is 13.6. The highest BCUT2D eigenvalue weighted by Gasteiger charge is 2.32. The zero-order valence-corrected chi connectivity index (χ0v) is 26.0. The Hall–Kier alpha value is -5.48. The number of hydrazone groups is 1. The number of pyridine rings is 1. The van der Waals surface area contributed by atoms with Crippen LogP contribution in [0.5, 0.6) is 5.75 Å². The van der Waals surface area contributed by atoms with Crippen LogP contribution in [0.1, 0.15) is 27.3 Å². The SMILES string of the molecule is COc1cnc(-c2cc(C(=O)NCCCN(C)C)[nH]n2)c2[nH]cc(C(=O)C(=O)N3CCN(/C(=N/N)N(N)c4ccccc4)CC3)c12. The van der Waals surface area contributed by atoms with E-state index >= 15 is 0 Å². The molecule has 0 spiro atoms. The number of ketones is 1. The quantitative estimate of drug-likeness (QED) is 0.0311. The van der Waals surface area contributed by atoms with Crippen molar-refractivity contribution in [3.63, 3.8) is 0 Å². The zero-order chi connectivity index (χ0) is 32.8. The van der Waals surface area contributed by atoms with Crippen molar-refractivity contribution in [1.82, 2.24) is 40.2 Å². The third-order valence-electron chi connectivity index (χ3n) is 7.68. The van der Waals surface area contributed by atoms with E-state index in [-0.39, 0.29) is 30.3 Å². The smallest absolute Gasteiger partial charge is 0.295 e. The van der Waals surface area contributed by atoms with Crippen LogP contribution in [0.2, 0.25) is 0 Å². The summed E-state index contributed by atoms with van der Waals surface area (Å²) < 4.78 is 5.52. The van der Waals surface area contributed by atoms with E-state index in [0.29, 0.717) is 59.3 Å². The molecule has 4 heterocycles. The summed E-state index contributed by atoms with van der Waals surface area (Å²) in [5.41, 5.74) is 2.32. The lowest BCUT2D eigenvalue weighted by Crippen LogP contribution is -2.57. The predicted molar refractivity (Wildman–Crippen MR) is 173 cm³/mol. The number of aromatic amines is 2. The summed E-state index contributed by atoms with van der Waals surface area (Å²) >= 11 is 0. The minimum atomic E-state index is -0.701. The van der Waals surface area contributed by atoms with Crippen LogP contribution in [0.25, 0.3) is 22.3 Å². The minimum absolute atomic E-state index is 0.138. The zero-order valence-electron chi connectivity index (χ0n) is 26.0. The molecule has 0 radical (unpaired) electrons. The second kappa shape index (κ2) is 14.1. The highest BCUT2D eigenvalue weighted by molar-refractivity contribution is 6.45. The average Bonchev–Trinajstić information content (AvgIpc) is 3.75. The molecule has 16 nitrogen and oxygen atoms in total. The number of nitrogens with two attached hydrogens (primary N) is 2. The highest BCUT2D eigenvalue weighted by Crippen LogP contribution is 2.34. The Kier molecular flexibility index (Phi) is 9.78. The summed E-state index contributed by atoms with van der Waals surface area (Å²) in [5.74, 6) is 10.9. The first kappa shape index (κ1) is 31.9. The first-order chi connectivity index (χ1) is 22.2. The number of carbonyl (C=O) groups is 3. The van der Waals surface area contributed by atoms with E-state index in [2.05, 4.69) is 30.6 Å². The van der Waals surface area contributed by atoms with Gasteiger partial charge in [-0.1, -0.05) is 18.2 Å². The number of methoxy groups -OCH3 is 1. The number of fused-ring (bicyclic) bond motifs is 1. The standard InChI is InChI=1S/C30H38N12O4/c1-39(2)11-7-10-33-28(44)22-16-21(37-38-22)25-26-24(23(46-3)18-35-25)20(17-34-26)27(43)29(45)40-12-14-41(15-13-40)30(36-31)42(32)19-8-5-4-6-9-19/h4-6,8-9,16-18,34H,7,10-15,31-32H2,1-3H3,(H,33,44)(H,37,38)/b36-30-. The number of ether oxygens (including phenoxy) is 1. The van der Waals surface area contributed by atoms with Crippen LogP contribution in [0.4, 0.5) is 5.69 Å². The summed E-state index contributed by atoms with van der Waals surface area (Å²) in [6.45, 7) is 2.61. The summed E-state index contributed by atoms with van der Waals surface area (Å²) in [7, 11) is 5.40. The van der Waals surface area contributed by atoms with Crippen molar-refractivity contribution >= 4 is 40.1 Å². The fourth-order valence-corrected chi connectivity index (χ4v) is 5.27. The Morgan fingerprint density at radius 2 is 1.83 bits per heavy atom. The molecule has 242 valence electrons. The second-order valence-electron chi connectivity index (χ2n) is 11.0.